The van der Waals surface area contributed by atoms with E-state index in [1.165, 1.54) is 0 Å². The molecular formula is C58H80N6O10. The molecule has 0 fully saturated rings. The van der Waals surface area contributed by atoms with Crippen molar-refractivity contribution in [3.63, 3.8) is 0 Å². The van der Waals surface area contributed by atoms with Crippen molar-refractivity contribution in [2.75, 3.05) is 184 Å². The number of hydrogen-bond acceptors (Lipinski definition) is 16. The molecule has 5 aromatic carbocycles. The van der Waals surface area contributed by atoms with Crippen LogP contribution in [0.5, 0.6) is 0 Å². The molecule has 402 valence electrons. The normalized spacial score (nSPS) is 12.5. The maximum atomic E-state index is 11.6. The van der Waals surface area contributed by atoms with Crippen molar-refractivity contribution in [2.45, 2.75) is 18.6 Å². The van der Waals surface area contributed by atoms with E-state index in [1.807, 2.05) is 98.7 Å². The van der Waals surface area contributed by atoms with E-state index in [0.717, 1.165) is 45.1 Å². The van der Waals surface area contributed by atoms with Crippen LogP contribution in [0.2, 0.25) is 0 Å². The Morgan fingerprint density at radius 3 is 1.14 bits per heavy atom. The topological polar surface area (TPSA) is 176 Å². The number of nitriles is 1. The lowest BCUT2D eigenvalue weighted by Gasteiger charge is -2.35. The summed E-state index contributed by atoms with van der Waals surface area (Å²) in [5.74, 6) is 0. The van der Waals surface area contributed by atoms with Crippen LogP contribution in [0.4, 0.5) is 28.4 Å². The van der Waals surface area contributed by atoms with Gasteiger partial charge in [-0.2, -0.15) is 5.26 Å². The molecule has 2 unspecified atom stereocenters. The van der Waals surface area contributed by atoms with E-state index < -0.39 is 5.41 Å². The summed E-state index contributed by atoms with van der Waals surface area (Å²) < 4.78 is 34.7. The molecule has 0 saturated heterocycles. The lowest BCUT2D eigenvalue weighted by molar-refractivity contribution is 0.00333. The molecule has 4 N–H and O–H groups in total. The minimum absolute atomic E-state index is 0.0307. The average molecular weight is 1020 g/mol. The van der Waals surface area contributed by atoms with Crippen LogP contribution in [-0.4, -0.2) is 186 Å². The number of anilines is 5. The maximum absolute atomic E-state index is 11.6. The van der Waals surface area contributed by atoms with Crippen LogP contribution in [0, 0.1) is 11.3 Å². The molecule has 5 aromatic rings. The molecular weight excluding hydrogens is 941 g/mol. The molecule has 0 radical (unpaired) electrons. The predicted molar refractivity (Wildman–Crippen MR) is 294 cm³/mol. The summed E-state index contributed by atoms with van der Waals surface area (Å²) in [5, 5.41) is 48.7. The molecule has 0 aliphatic rings. The van der Waals surface area contributed by atoms with Gasteiger partial charge in [0.2, 0.25) is 0 Å². The molecule has 0 aliphatic carbocycles. The summed E-state index contributed by atoms with van der Waals surface area (Å²) in [6, 6.07) is 47.9. The highest BCUT2D eigenvalue weighted by molar-refractivity contribution is 5.63. The van der Waals surface area contributed by atoms with Crippen molar-refractivity contribution >= 4 is 28.4 Å². The fourth-order valence-electron chi connectivity index (χ4n) is 8.68. The van der Waals surface area contributed by atoms with Crippen LogP contribution >= 0.6 is 0 Å². The van der Waals surface area contributed by atoms with Gasteiger partial charge < -0.3 is 73.3 Å². The van der Waals surface area contributed by atoms with Crippen molar-refractivity contribution in [1.29, 1.82) is 5.26 Å². The molecule has 0 heterocycles. The van der Waals surface area contributed by atoms with Gasteiger partial charge in [0.15, 0.2) is 0 Å². The summed E-state index contributed by atoms with van der Waals surface area (Å²) in [6.07, 6.45) is -0.360. The summed E-state index contributed by atoms with van der Waals surface area (Å²) >= 11 is 0. The largest absolute Gasteiger partial charge is 0.394 e. The van der Waals surface area contributed by atoms with Gasteiger partial charge in [-0.25, -0.2) is 0 Å². The Hall–Kier alpha value is -5.81. The lowest BCUT2D eigenvalue weighted by atomic mass is 9.70. The fraction of sp³-hybridized carbons (Fsp3) is 0.466. The van der Waals surface area contributed by atoms with E-state index in [1.54, 1.807) is 0 Å². The van der Waals surface area contributed by atoms with Gasteiger partial charge in [0.1, 0.15) is 11.6 Å². The quantitative estimate of drug-likeness (QED) is 0.0216. The maximum Gasteiger partial charge on any atom is 0.132 e. The minimum atomic E-state index is -1.20. The summed E-state index contributed by atoms with van der Waals surface area (Å²) in [5.41, 5.74) is 6.29. The van der Waals surface area contributed by atoms with E-state index in [9.17, 15) is 20.6 Å². The second kappa shape index (κ2) is 33.9. The Morgan fingerprint density at radius 1 is 0.405 bits per heavy atom. The number of hydrogen-bond donors (Lipinski definition) is 4. The smallest absolute Gasteiger partial charge is 0.132 e. The van der Waals surface area contributed by atoms with Crippen LogP contribution < -0.4 is 24.5 Å². The van der Waals surface area contributed by atoms with E-state index >= 15 is 0 Å². The third kappa shape index (κ3) is 18.5. The van der Waals surface area contributed by atoms with Crippen molar-refractivity contribution in [2.24, 2.45) is 0 Å². The zero-order valence-corrected chi connectivity index (χ0v) is 43.8. The van der Waals surface area contributed by atoms with Crippen LogP contribution in [0.15, 0.2) is 133 Å². The number of nitrogens with zero attached hydrogens (tertiary/aromatic N) is 6. The molecule has 0 spiro atoms. The zero-order valence-electron chi connectivity index (χ0n) is 43.8. The van der Waals surface area contributed by atoms with Gasteiger partial charge in [-0.05, 0) is 84.3 Å². The molecule has 16 nitrogen and oxygen atoms in total. The first-order valence-corrected chi connectivity index (χ1v) is 25.7. The summed E-state index contributed by atoms with van der Waals surface area (Å²) in [6.45, 7) is 10.2. The number of rotatable bonds is 39. The first-order chi connectivity index (χ1) is 36.3. The Bertz CT molecular complexity index is 2260. The molecule has 0 aliphatic heterocycles. The van der Waals surface area contributed by atoms with Crippen molar-refractivity contribution in [3.05, 3.63) is 150 Å². The Kier molecular flexibility index (Phi) is 27.1. The van der Waals surface area contributed by atoms with E-state index in [2.05, 4.69) is 86.3 Å². The number of para-hydroxylation sites is 2. The number of aliphatic hydroxyl groups excluding tert-OH is 4. The van der Waals surface area contributed by atoms with Gasteiger partial charge in [-0.1, -0.05) is 72.8 Å². The van der Waals surface area contributed by atoms with Crippen LogP contribution in [0.25, 0.3) is 0 Å². The van der Waals surface area contributed by atoms with Crippen LogP contribution in [0.3, 0.4) is 0 Å². The number of aliphatic hydroxyl groups is 4. The van der Waals surface area contributed by atoms with Crippen LogP contribution in [0.1, 0.15) is 23.6 Å². The monoisotopic (exact) mass is 1020 g/mol. The highest BCUT2D eigenvalue weighted by Gasteiger charge is 2.37. The minimum Gasteiger partial charge on any atom is -0.394 e. The van der Waals surface area contributed by atoms with E-state index in [4.69, 9.17) is 33.5 Å². The van der Waals surface area contributed by atoms with Gasteiger partial charge in [0, 0.05) is 88.3 Å². The summed E-state index contributed by atoms with van der Waals surface area (Å²) in [4.78, 5) is 11.1. The molecule has 16 heteroatoms. The molecule has 74 heavy (non-hydrogen) atoms. The van der Waals surface area contributed by atoms with Gasteiger partial charge >= 0.3 is 0 Å². The average Bonchev–Trinajstić information content (AvgIpc) is 3.44. The van der Waals surface area contributed by atoms with Gasteiger partial charge in [-0.3, -0.25) is 0 Å². The predicted octanol–water partition coefficient (Wildman–Crippen LogP) is 5.65. The van der Waals surface area contributed by atoms with Gasteiger partial charge in [0.05, 0.1) is 105 Å². The van der Waals surface area contributed by atoms with Crippen molar-refractivity contribution in [1.82, 2.24) is 0 Å². The molecule has 0 bridgehead atoms. The Labute approximate surface area is 439 Å². The van der Waals surface area contributed by atoms with E-state index in [0.29, 0.717) is 92.1 Å². The standard InChI is InChI=1S/C58H80N6O10/c1-49(74-47-46-73-43-36-68)64(29-28-63(31-38-70-41-34-66)55-12-8-5-9-13-55)57-24-18-52(19-25-57)58(48-59,50-14-20-53(21-15-50)60(2)3)51-16-22-56(23-17-51)62(32-39-71-44-45-72-42-35-67)27-26-61(30-37-69-40-33-65)54-10-6-4-7-11-54/h4-25,49,65-68H,26-47H2,1-3H3. The Morgan fingerprint density at radius 2 is 0.743 bits per heavy atom. The Balaban J connectivity index is 1.49. The lowest BCUT2D eigenvalue weighted by Crippen LogP contribution is -2.42. The molecule has 2 atom stereocenters. The highest BCUT2D eigenvalue weighted by atomic mass is 16.5. The van der Waals surface area contributed by atoms with Gasteiger partial charge in [0.25, 0.3) is 0 Å². The summed E-state index contributed by atoms with van der Waals surface area (Å²) in [7, 11) is 4.00. The van der Waals surface area contributed by atoms with Crippen molar-refractivity contribution in [3.8, 4) is 6.07 Å². The second-order valence-electron chi connectivity index (χ2n) is 17.6. The van der Waals surface area contributed by atoms with Gasteiger partial charge in [-0.15, -0.1) is 0 Å². The van der Waals surface area contributed by atoms with Crippen LogP contribution in [-0.2, 0) is 33.8 Å². The van der Waals surface area contributed by atoms with Crippen molar-refractivity contribution < 1.29 is 48.8 Å². The molecule has 0 aromatic heterocycles. The SMILES string of the molecule is CC(OCCOCCO)N(CCN(CCOCCO)c1ccccc1)c1ccc(C(C#N)(c2ccc(N(C)C)cc2)c2ccc(N(CCOCCOCCO)CCN(CCOCCO)c3ccccc3)cc2)cc1. The molecule has 0 saturated carbocycles. The number of ether oxygens (including phenoxy) is 6. The first-order valence-electron chi connectivity index (χ1n) is 25.7. The second-order valence-corrected chi connectivity index (χ2v) is 17.6. The third-order valence-electron chi connectivity index (χ3n) is 12.6. The zero-order chi connectivity index (χ0) is 52.6. The van der Waals surface area contributed by atoms with E-state index in [-0.39, 0.29) is 59.1 Å². The fourth-order valence-corrected chi connectivity index (χ4v) is 8.68. The third-order valence-corrected chi connectivity index (χ3v) is 12.6. The first kappa shape index (κ1) is 59.1. The molecule has 0 amide bonds. The number of benzene rings is 5. The molecule has 5 rings (SSSR count). The highest BCUT2D eigenvalue weighted by Crippen LogP contribution is 2.41.